The number of carbonyl (C=O) groups is 1. The molecule has 6 nitrogen and oxygen atoms in total. The maximum Gasteiger partial charge on any atom is 0.336 e. The SMILES string of the molecule is Cc1ccc(-c2nc(OCC(C)C)nn2-c2ccc(NC(=O)/C=C/c3ccccc3)cc2)cc1. The smallest absolute Gasteiger partial charge is 0.336 e. The van der Waals surface area contributed by atoms with Crippen LogP contribution in [0.5, 0.6) is 6.01 Å². The van der Waals surface area contributed by atoms with Gasteiger partial charge in [-0.05, 0) is 48.7 Å². The van der Waals surface area contributed by atoms with Crippen molar-refractivity contribution in [3.05, 3.63) is 96.1 Å². The lowest BCUT2D eigenvalue weighted by atomic mass is 10.1. The van der Waals surface area contributed by atoms with Crippen LogP contribution in [0.25, 0.3) is 23.2 Å². The fourth-order valence-electron chi connectivity index (χ4n) is 3.27. The van der Waals surface area contributed by atoms with E-state index in [0.717, 1.165) is 16.8 Å². The third-order valence-electron chi connectivity index (χ3n) is 5.05. The minimum Gasteiger partial charge on any atom is -0.462 e. The number of hydrogen-bond donors (Lipinski definition) is 1. The normalized spacial score (nSPS) is 11.2. The number of hydrogen-bond acceptors (Lipinski definition) is 4. The number of aromatic nitrogens is 3. The summed E-state index contributed by atoms with van der Waals surface area (Å²) in [5, 5.41) is 7.48. The number of nitrogens with one attached hydrogen (secondary N) is 1. The predicted molar refractivity (Wildman–Crippen MR) is 136 cm³/mol. The Morgan fingerprint density at radius 3 is 2.38 bits per heavy atom. The van der Waals surface area contributed by atoms with Crippen LogP contribution in [-0.2, 0) is 4.79 Å². The molecule has 4 aromatic rings. The quantitative estimate of drug-likeness (QED) is 0.337. The molecule has 4 rings (SSSR count). The number of carbonyl (C=O) groups excluding carboxylic acids is 1. The maximum absolute atomic E-state index is 12.3. The zero-order valence-corrected chi connectivity index (χ0v) is 19.6. The second-order valence-electron chi connectivity index (χ2n) is 8.48. The number of aryl methyl sites for hydroxylation is 1. The Morgan fingerprint density at radius 1 is 1.00 bits per heavy atom. The summed E-state index contributed by atoms with van der Waals surface area (Å²) in [6.45, 7) is 6.76. The van der Waals surface area contributed by atoms with Crippen molar-refractivity contribution in [2.75, 3.05) is 11.9 Å². The van der Waals surface area contributed by atoms with Crippen molar-refractivity contribution in [1.82, 2.24) is 14.8 Å². The molecule has 0 aliphatic heterocycles. The monoisotopic (exact) mass is 452 g/mol. The Labute approximate surface area is 199 Å². The molecule has 0 fully saturated rings. The van der Waals surface area contributed by atoms with Crippen LogP contribution in [0.4, 0.5) is 5.69 Å². The van der Waals surface area contributed by atoms with Crippen LogP contribution in [0.15, 0.2) is 84.9 Å². The minimum absolute atomic E-state index is 0.193. The summed E-state index contributed by atoms with van der Waals surface area (Å²) in [5.74, 6) is 0.872. The van der Waals surface area contributed by atoms with E-state index in [9.17, 15) is 4.79 Å². The Hall–Kier alpha value is -4.19. The van der Waals surface area contributed by atoms with Crippen molar-refractivity contribution < 1.29 is 9.53 Å². The Kier molecular flexibility index (Phi) is 7.18. The van der Waals surface area contributed by atoms with E-state index < -0.39 is 0 Å². The average molecular weight is 453 g/mol. The highest BCUT2D eigenvalue weighted by Crippen LogP contribution is 2.25. The zero-order valence-electron chi connectivity index (χ0n) is 19.6. The van der Waals surface area contributed by atoms with Crippen molar-refractivity contribution in [1.29, 1.82) is 0 Å². The number of benzene rings is 3. The van der Waals surface area contributed by atoms with Gasteiger partial charge >= 0.3 is 6.01 Å². The highest BCUT2D eigenvalue weighted by Gasteiger charge is 2.15. The number of anilines is 1. The van der Waals surface area contributed by atoms with Gasteiger partial charge in [0.1, 0.15) is 0 Å². The summed E-state index contributed by atoms with van der Waals surface area (Å²) in [6, 6.07) is 25.7. The number of amides is 1. The molecule has 0 spiro atoms. The molecule has 34 heavy (non-hydrogen) atoms. The van der Waals surface area contributed by atoms with Crippen molar-refractivity contribution in [2.45, 2.75) is 20.8 Å². The molecule has 0 saturated carbocycles. The van der Waals surface area contributed by atoms with E-state index >= 15 is 0 Å². The van der Waals surface area contributed by atoms with Crippen LogP contribution >= 0.6 is 0 Å². The molecule has 0 radical (unpaired) electrons. The molecule has 0 atom stereocenters. The van der Waals surface area contributed by atoms with E-state index in [0.29, 0.717) is 30.0 Å². The molecule has 0 aliphatic rings. The van der Waals surface area contributed by atoms with Crippen LogP contribution in [0.1, 0.15) is 25.0 Å². The van der Waals surface area contributed by atoms with Gasteiger partial charge in [-0.15, -0.1) is 5.10 Å². The highest BCUT2D eigenvalue weighted by molar-refractivity contribution is 6.01. The van der Waals surface area contributed by atoms with Crippen molar-refractivity contribution >= 4 is 17.7 Å². The molecule has 1 aromatic heterocycles. The second kappa shape index (κ2) is 10.6. The lowest BCUT2D eigenvalue weighted by Crippen LogP contribution is -2.08. The summed E-state index contributed by atoms with van der Waals surface area (Å²) in [6.07, 6.45) is 3.31. The van der Waals surface area contributed by atoms with E-state index in [2.05, 4.69) is 29.2 Å². The van der Waals surface area contributed by atoms with E-state index in [1.807, 2.05) is 85.8 Å². The van der Waals surface area contributed by atoms with Crippen molar-refractivity contribution in [3.63, 3.8) is 0 Å². The molecule has 0 unspecified atom stereocenters. The highest BCUT2D eigenvalue weighted by atomic mass is 16.5. The minimum atomic E-state index is -0.193. The standard InChI is InChI=1S/C28H28N4O2/c1-20(2)19-34-28-30-27(23-12-9-21(3)10-13-23)32(31-28)25-16-14-24(15-17-25)29-26(33)18-11-22-7-5-4-6-8-22/h4-18,20H,19H2,1-3H3,(H,29,33)/b18-11+. The van der Waals surface area contributed by atoms with Gasteiger partial charge in [-0.1, -0.05) is 74.0 Å². The first-order chi connectivity index (χ1) is 16.5. The second-order valence-corrected chi connectivity index (χ2v) is 8.48. The molecular weight excluding hydrogens is 424 g/mol. The first kappa shape index (κ1) is 23.0. The number of nitrogens with zero attached hydrogens (tertiary/aromatic N) is 3. The van der Waals surface area contributed by atoms with Gasteiger partial charge in [0, 0.05) is 17.3 Å². The lowest BCUT2D eigenvalue weighted by molar-refractivity contribution is -0.111. The fourth-order valence-corrected chi connectivity index (χ4v) is 3.27. The maximum atomic E-state index is 12.3. The first-order valence-corrected chi connectivity index (χ1v) is 11.3. The largest absolute Gasteiger partial charge is 0.462 e. The van der Waals surface area contributed by atoms with Crippen LogP contribution in [0.3, 0.4) is 0 Å². The third-order valence-corrected chi connectivity index (χ3v) is 5.05. The molecule has 0 aliphatic carbocycles. The van der Waals surface area contributed by atoms with E-state index in [1.165, 1.54) is 11.6 Å². The molecule has 3 aromatic carbocycles. The average Bonchev–Trinajstić information content (AvgIpc) is 3.27. The molecule has 1 heterocycles. The van der Waals surface area contributed by atoms with Crippen LogP contribution in [0.2, 0.25) is 0 Å². The van der Waals surface area contributed by atoms with Gasteiger partial charge in [-0.3, -0.25) is 4.79 Å². The Morgan fingerprint density at radius 2 is 1.71 bits per heavy atom. The van der Waals surface area contributed by atoms with Gasteiger partial charge in [0.05, 0.1) is 12.3 Å². The lowest BCUT2D eigenvalue weighted by Gasteiger charge is -2.08. The Balaban J connectivity index is 1.54. The topological polar surface area (TPSA) is 69.0 Å². The van der Waals surface area contributed by atoms with Crippen LogP contribution < -0.4 is 10.1 Å². The summed E-state index contributed by atoms with van der Waals surface area (Å²) in [7, 11) is 0. The zero-order chi connectivity index (χ0) is 23.9. The Bertz CT molecular complexity index is 1260. The van der Waals surface area contributed by atoms with Gasteiger partial charge in [0.15, 0.2) is 5.82 Å². The van der Waals surface area contributed by atoms with Gasteiger partial charge in [-0.25, -0.2) is 4.68 Å². The van der Waals surface area contributed by atoms with Gasteiger partial charge in [0.25, 0.3) is 0 Å². The van der Waals surface area contributed by atoms with Gasteiger partial charge < -0.3 is 10.1 Å². The summed E-state index contributed by atoms with van der Waals surface area (Å²) in [4.78, 5) is 16.9. The summed E-state index contributed by atoms with van der Waals surface area (Å²) in [5.41, 5.74) is 4.60. The first-order valence-electron chi connectivity index (χ1n) is 11.3. The molecule has 172 valence electrons. The van der Waals surface area contributed by atoms with Crippen LogP contribution in [0, 0.1) is 12.8 Å². The molecule has 0 bridgehead atoms. The molecular formula is C28H28N4O2. The van der Waals surface area contributed by atoms with Gasteiger partial charge in [0.2, 0.25) is 5.91 Å². The third kappa shape index (κ3) is 5.98. The molecule has 0 saturated heterocycles. The van der Waals surface area contributed by atoms with Crippen molar-refractivity contribution in [2.24, 2.45) is 5.92 Å². The molecule has 1 N–H and O–H groups in total. The molecule has 6 heteroatoms. The summed E-state index contributed by atoms with van der Waals surface area (Å²) >= 11 is 0. The predicted octanol–water partition coefficient (Wildman–Crippen LogP) is 5.93. The van der Waals surface area contributed by atoms with E-state index in [4.69, 9.17) is 4.74 Å². The molecule has 1 amide bonds. The number of rotatable bonds is 8. The van der Waals surface area contributed by atoms with Crippen LogP contribution in [-0.4, -0.2) is 27.3 Å². The van der Waals surface area contributed by atoms with Crippen molar-refractivity contribution in [3.8, 4) is 23.1 Å². The van der Waals surface area contributed by atoms with E-state index in [-0.39, 0.29) is 5.91 Å². The van der Waals surface area contributed by atoms with E-state index in [1.54, 1.807) is 10.8 Å². The summed E-state index contributed by atoms with van der Waals surface area (Å²) < 4.78 is 7.55. The number of ether oxygens (including phenoxy) is 1. The van der Waals surface area contributed by atoms with Gasteiger partial charge in [-0.2, -0.15) is 4.98 Å². The fraction of sp³-hybridized carbons (Fsp3) is 0.179.